The van der Waals surface area contributed by atoms with Gasteiger partial charge >= 0.3 is 0 Å². The molecule has 1 aromatic carbocycles. The van der Waals surface area contributed by atoms with E-state index in [1.54, 1.807) is 6.07 Å². The summed E-state index contributed by atoms with van der Waals surface area (Å²) in [6.45, 7) is 0.372. The molecule has 0 saturated heterocycles. The Kier molecular flexibility index (Phi) is 1.70. The number of aromatic hydroxyl groups is 1. The molecular formula is C9H9FN2O. The van der Waals surface area contributed by atoms with E-state index in [1.807, 2.05) is 0 Å². The molecule has 4 heteroatoms. The van der Waals surface area contributed by atoms with Crippen molar-refractivity contribution < 1.29 is 9.50 Å². The van der Waals surface area contributed by atoms with Crippen molar-refractivity contribution in [1.82, 2.24) is 4.98 Å². The van der Waals surface area contributed by atoms with Gasteiger partial charge in [0.2, 0.25) is 0 Å². The Labute approximate surface area is 74.0 Å². The summed E-state index contributed by atoms with van der Waals surface area (Å²) in [5, 5.41) is 9.79. The van der Waals surface area contributed by atoms with Gasteiger partial charge < -0.3 is 15.8 Å². The molecule has 4 N–H and O–H groups in total. The predicted molar refractivity (Wildman–Crippen MR) is 47.8 cm³/mol. The highest BCUT2D eigenvalue weighted by Gasteiger charge is 2.05. The van der Waals surface area contributed by atoms with E-state index in [2.05, 4.69) is 4.98 Å². The third-order valence-electron chi connectivity index (χ3n) is 1.96. The first-order valence-corrected chi connectivity index (χ1v) is 3.91. The molecule has 0 aliphatic rings. The number of H-pyrrole nitrogens is 1. The van der Waals surface area contributed by atoms with Crippen molar-refractivity contribution in [2.24, 2.45) is 5.73 Å². The molecule has 1 heterocycles. The van der Waals surface area contributed by atoms with Crippen LogP contribution in [0.1, 0.15) is 5.69 Å². The Morgan fingerprint density at radius 2 is 2.15 bits per heavy atom. The zero-order chi connectivity index (χ0) is 9.42. The van der Waals surface area contributed by atoms with E-state index < -0.39 is 5.82 Å². The molecule has 3 nitrogen and oxygen atoms in total. The van der Waals surface area contributed by atoms with Gasteiger partial charge in [-0.1, -0.05) is 0 Å². The minimum atomic E-state index is -0.616. The maximum absolute atomic E-state index is 12.9. The van der Waals surface area contributed by atoms with Crippen molar-refractivity contribution in [3.63, 3.8) is 0 Å². The van der Waals surface area contributed by atoms with Gasteiger partial charge in [0.1, 0.15) is 0 Å². The van der Waals surface area contributed by atoms with Gasteiger partial charge in [-0.05, 0) is 12.1 Å². The molecule has 0 fully saturated rings. The van der Waals surface area contributed by atoms with Crippen molar-refractivity contribution in [2.75, 3.05) is 0 Å². The summed E-state index contributed by atoms with van der Waals surface area (Å²) in [5.41, 5.74) is 6.92. The van der Waals surface area contributed by atoms with Gasteiger partial charge in [0.05, 0.1) is 0 Å². The summed E-state index contributed by atoms with van der Waals surface area (Å²) < 4.78 is 12.9. The SMILES string of the molecule is NCc1cc2cc(F)c(O)cc2[nH]1. The van der Waals surface area contributed by atoms with Crippen LogP contribution in [0.4, 0.5) is 4.39 Å². The van der Waals surface area contributed by atoms with Crippen molar-refractivity contribution in [3.8, 4) is 5.75 Å². The van der Waals surface area contributed by atoms with Crippen molar-refractivity contribution in [2.45, 2.75) is 6.54 Å². The van der Waals surface area contributed by atoms with Crippen LogP contribution in [0.5, 0.6) is 5.75 Å². The Balaban J connectivity index is 2.70. The Hall–Kier alpha value is -1.55. The highest BCUT2D eigenvalue weighted by molar-refractivity contribution is 5.81. The van der Waals surface area contributed by atoms with Gasteiger partial charge in [-0.25, -0.2) is 4.39 Å². The van der Waals surface area contributed by atoms with Gasteiger partial charge in [0, 0.05) is 29.2 Å². The first-order chi connectivity index (χ1) is 6.20. The normalized spacial score (nSPS) is 10.9. The third kappa shape index (κ3) is 1.25. The average molecular weight is 180 g/mol. The van der Waals surface area contributed by atoms with Gasteiger partial charge in [-0.3, -0.25) is 0 Å². The number of phenols is 1. The second-order valence-electron chi connectivity index (χ2n) is 2.89. The fraction of sp³-hybridized carbons (Fsp3) is 0.111. The Bertz CT molecular complexity index is 411. The summed E-state index contributed by atoms with van der Waals surface area (Å²) >= 11 is 0. The summed E-state index contributed by atoms with van der Waals surface area (Å²) in [6, 6.07) is 4.39. The summed E-state index contributed by atoms with van der Waals surface area (Å²) in [5.74, 6) is -0.965. The molecule has 0 aliphatic heterocycles. The van der Waals surface area contributed by atoms with Crippen LogP contribution in [0, 0.1) is 5.82 Å². The molecule has 0 saturated carbocycles. The number of benzene rings is 1. The van der Waals surface area contributed by atoms with Crippen molar-refractivity contribution >= 4 is 10.9 Å². The quantitative estimate of drug-likeness (QED) is 0.622. The van der Waals surface area contributed by atoms with Crippen LogP contribution in [0.15, 0.2) is 18.2 Å². The Morgan fingerprint density at radius 1 is 1.38 bits per heavy atom. The van der Waals surface area contributed by atoms with Gasteiger partial charge in [0.15, 0.2) is 11.6 Å². The van der Waals surface area contributed by atoms with Crippen LogP contribution < -0.4 is 5.73 Å². The summed E-state index contributed by atoms with van der Waals surface area (Å²) in [7, 11) is 0. The first-order valence-electron chi connectivity index (χ1n) is 3.91. The topological polar surface area (TPSA) is 62.0 Å². The molecule has 0 bridgehead atoms. The number of nitrogens with one attached hydrogen (secondary N) is 1. The van der Waals surface area contributed by atoms with Crippen LogP contribution in [-0.2, 0) is 6.54 Å². The van der Waals surface area contributed by atoms with E-state index in [9.17, 15) is 4.39 Å². The lowest BCUT2D eigenvalue weighted by atomic mass is 10.2. The van der Waals surface area contributed by atoms with Gasteiger partial charge in [-0.2, -0.15) is 0 Å². The number of nitrogens with two attached hydrogens (primary N) is 1. The molecule has 13 heavy (non-hydrogen) atoms. The van der Waals surface area contributed by atoms with Crippen LogP contribution in [-0.4, -0.2) is 10.1 Å². The van der Waals surface area contributed by atoms with Crippen LogP contribution in [0.3, 0.4) is 0 Å². The van der Waals surface area contributed by atoms with Crippen molar-refractivity contribution in [3.05, 3.63) is 29.7 Å². The maximum atomic E-state index is 12.9. The highest BCUT2D eigenvalue weighted by Crippen LogP contribution is 2.23. The van der Waals surface area contributed by atoms with E-state index in [4.69, 9.17) is 10.8 Å². The molecule has 2 rings (SSSR count). The molecule has 0 spiro atoms. The monoisotopic (exact) mass is 180 g/mol. The van der Waals surface area contributed by atoms with E-state index in [-0.39, 0.29) is 5.75 Å². The molecular weight excluding hydrogens is 171 g/mol. The second kappa shape index (κ2) is 2.74. The lowest BCUT2D eigenvalue weighted by molar-refractivity contribution is 0.433. The third-order valence-corrected chi connectivity index (χ3v) is 1.96. The average Bonchev–Trinajstić information content (AvgIpc) is 2.48. The fourth-order valence-corrected chi connectivity index (χ4v) is 1.31. The Morgan fingerprint density at radius 3 is 2.85 bits per heavy atom. The zero-order valence-electron chi connectivity index (χ0n) is 6.84. The minimum absolute atomic E-state index is 0.349. The van der Waals surface area contributed by atoms with E-state index in [0.717, 1.165) is 11.1 Å². The number of phenolic OH excluding ortho intramolecular Hbond substituents is 1. The van der Waals surface area contributed by atoms with E-state index >= 15 is 0 Å². The number of aromatic nitrogens is 1. The van der Waals surface area contributed by atoms with Crippen molar-refractivity contribution in [1.29, 1.82) is 0 Å². The fourth-order valence-electron chi connectivity index (χ4n) is 1.31. The predicted octanol–water partition coefficient (Wildman–Crippen LogP) is 1.47. The van der Waals surface area contributed by atoms with Crippen LogP contribution >= 0.6 is 0 Å². The zero-order valence-corrected chi connectivity index (χ0v) is 6.84. The smallest absolute Gasteiger partial charge is 0.165 e. The maximum Gasteiger partial charge on any atom is 0.165 e. The van der Waals surface area contributed by atoms with E-state index in [1.165, 1.54) is 12.1 Å². The highest BCUT2D eigenvalue weighted by atomic mass is 19.1. The molecule has 1 aromatic heterocycles. The number of hydrogen-bond donors (Lipinski definition) is 3. The van der Waals surface area contributed by atoms with Crippen LogP contribution in [0.2, 0.25) is 0 Å². The molecule has 68 valence electrons. The molecule has 0 amide bonds. The van der Waals surface area contributed by atoms with Gasteiger partial charge in [0.25, 0.3) is 0 Å². The lowest BCUT2D eigenvalue weighted by Crippen LogP contribution is -1.94. The molecule has 0 unspecified atom stereocenters. The summed E-state index contributed by atoms with van der Waals surface area (Å²) in [4.78, 5) is 2.96. The lowest BCUT2D eigenvalue weighted by Gasteiger charge is -1.94. The molecule has 0 radical (unpaired) electrons. The second-order valence-corrected chi connectivity index (χ2v) is 2.89. The number of fused-ring (bicyclic) bond motifs is 1. The largest absolute Gasteiger partial charge is 0.505 e. The molecule has 2 aromatic rings. The molecule has 0 aliphatic carbocycles. The van der Waals surface area contributed by atoms with Crippen LogP contribution in [0.25, 0.3) is 10.9 Å². The van der Waals surface area contributed by atoms with E-state index in [0.29, 0.717) is 12.1 Å². The number of rotatable bonds is 1. The number of hydrogen-bond acceptors (Lipinski definition) is 2. The summed E-state index contributed by atoms with van der Waals surface area (Å²) in [6.07, 6.45) is 0. The number of aromatic amines is 1. The number of halogens is 1. The first kappa shape index (κ1) is 8.07. The minimum Gasteiger partial charge on any atom is -0.505 e. The molecule has 0 atom stereocenters. The standard InChI is InChI=1S/C9H9FN2O/c10-7-2-5-1-6(4-11)12-8(5)3-9(7)13/h1-3,12-13H,4,11H2. The van der Waals surface area contributed by atoms with Gasteiger partial charge in [-0.15, -0.1) is 0 Å².